The van der Waals surface area contributed by atoms with Gasteiger partial charge in [-0.3, -0.25) is 4.68 Å². The van der Waals surface area contributed by atoms with Crippen molar-refractivity contribution in [1.82, 2.24) is 9.78 Å². The van der Waals surface area contributed by atoms with Gasteiger partial charge in [-0.1, -0.05) is 0 Å². The molecule has 0 saturated carbocycles. The molecule has 0 radical (unpaired) electrons. The van der Waals surface area contributed by atoms with Crippen LogP contribution in [0.2, 0.25) is 0 Å². The molecule has 0 aliphatic carbocycles. The fraction of sp³-hybridized carbons (Fsp3) is 0.571. The zero-order valence-electron chi connectivity index (χ0n) is 7.93. The maximum atomic E-state index is 9.07. The van der Waals surface area contributed by atoms with Gasteiger partial charge in [-0.15, -0.1) is 0 Å². The fourth-order valence-electron chi connectivity index (χ4n) is 1.17. The lowest BCUT2D eigenvalue weighted by atomic mass is 9.85. The Morgan fingerprint density at radius 3 is 2.54 bits per heavy atom. The molecular formula is C7H13BN2O3. The van der Waals surface area contributed by atoms with Gasteiger partial charge in [-0.2, -0.15) is 5.10 Å². The van der Waals surface area contributed by atoms with Crippen LogP contribution in [-0.2, 0) is 0 Å². The average molecular weight is 184 g/mol. The summed E-state index contributed by atoms with van der Waals surface area (Å²) in [6, 6.07) is 0.0701. The molecule has 0 amide bonds. The van der Waals surface area contributed by atoms with E-state index in [1.165, 1.54) is 18.0 Å². The first-order valence-corrected chi connectivity index (χ1v) is 4.05. The van der Waals surface area contributed by atoms with Gasteiger partial charge >= 0.3 is 7.12 Å². The van der Waals surface area contributed by atoms with Crippen molar-refractivity contribution in [2.75, 3.05) is 7.11 Å². The molecule has 0 atom stereocenters. The second kappa shape index (κ2) is 3.80. The Hall–Kier alpha value is -1.01. The first-order chi connectivity index (χ1) is 6.07. The Balaban J connectivity index is 3.14. The third-order valence-electron chi connectivity index (χ3n) is 1.75. The quantitative estimate of drug-likeness (QED) is 0.600. The van der Waals surface area contributed by atoms with Crippen molar-refractivity contribution in [2.24, 2.45) is 0 Å². The molecule has 6 heteroatoms. The minimum atomic E-state index is -1.56. The molecule has 0 bridgehead atoms. The number of nitrogens with zero attached hydrogens (tertiary/aromatic N) is 2. The molecular weight excluding hydrogens is 171 g/mol. The summed E-state index contributed by atoms with van der Waals surface area (Å²) in [7, 11) is -0.0899. The van der Waals surface area contributed by atoms with E-state index in [9.17, 15) is 0 Å². The normalized spacial score (nSPS) is 10.6. The summed E-state index contributed by atoms with van der Waals surface area (Å²) in [5.74, 6) is 0.392. The lowest BCUT2D eigenvalue weighted by Gasteiger charge is -2.10. The maximum Gasteiger partial charge on any atom is 0.511 e. The Morgan fingerprint density at radius 1 is 1.54 bits per heavy atom. The van der Waals surface area contributed by atoms with Crippen LogP contribution in [0.3, 0.4) is 0 Å². The van der Waals surface area contributed by atoms with Crippen LogP contribution < -0.4 is 10.3 Å². The van der Waals surface area contributed by atoms with E-state index in [1.807, 2.05) is 13.8 Å². The van der Waals surface area contributed by atoms with E-state index in [0.29, 0.717) is 5.75 Å². The molecule has 2 N–H and O–H groups in total. The van der Waals surface area contributed by atoms with Crippen LogP contribution >= 0.6 is 0 Å². The predicted octanol–water partition coefficient (Wildman–Crippen LogP) is -0.848. The van der Waals surface area contributed by atoms with E-state index in [2.05, 4.69) is 5.10 Å². The summed E-state index contributed by atoms with van der Waals surface area (Å²) in [6.45, 7) is 3.80. The van der Waals surface area contributed by atoms with E-state index in [4.69, 9.17) is 14.8 Å². The molecule has 0 unspecified atom stereocenters. The first kappa shape index (κ1) is 10.1. The Kier molecular flexibility index (Phi) is 2.95. The molecule has 1 aromatic heterocycles. The number of hydrogen-bond acceptors (Lipinski definition) is 4. The number of rotatable bonds is 3. The molecule has 1 heterocycles. The largest absolute Gasteiger partial charge is 0.511 e. The van der Waals surface area contributed by atoms with Crippen LogP contribution in [0, 0.1) is 0 Å². The van der Waals surface area contributed by atoms with Crippen molar-refractivity contribution in [3.8, 4) is 5.75 Å². The lowest BCUT2D eigenvalue weighted by molar-refractivity contribution is 0.397. The summed E-state index contributed by atoms with van der Waals surface area (Å²) in [5, 5.41) is 22.1. The van der Waals surface area contributed by atoms with E-state index in [0.717, 1.165) is 0 Å². The van der Waals surface area contributed by atoms with Crippen LogP contribution in [0.25, 0.3) is 0 Å². The highest BCUT2D eigenvalue weighted by Gasteiger charge is 2.24. The minimum absolute atomic E-state index is 0.0701. The van der Waals surface area contributed by atoms with Crippen LogP contribution in [0.4, 0.5) is 0 Å². The first-order valence-electron chi connectivity index (χ1n) is 4.05. The Bertz CT molecular complexity index is 285. The lowest BCUT2D eigenvalue weighted by Crippen LogP contribution is -2.38. The molecule has 1 rings (SSSR count). The highest BCUT2D eigenvalue weighted by molar-refractivity contribution is 6.58. The maximum absolute atomic E-state index is 9.07. The van der Waals surface area contributed by atoms with Gasteiger partial charge in [0.1, 0.15) is 5.59 Å². The van der Waals surface area contributed by atoms with Gasteiger partial charge in [0.2, 0.25) is 0 Å². The number of hydrogen-bond donors (Lipinski definition) is 2. The summed E-state index contributed by atoms with van der Waals surface area (Å²) < 4.78 is 6.45. The van der Waals surface area contributed by atoms with E-state index < -0.39 is 7.12 Å². The second-order valence-corrected chi connectivity index (χ2v) is 3.01. The van der Waals surface area contributed by atoms with Gasteiger partial charge in [-0.05, 0) is 13.8 Å². The van der Waals surface area contributed by atoms with Gasteiger partial charge in [0, 0.05) is 6.04 Å². The fourth-order valence-corrected chi connectivity index (χ4v) is 1.17. The third-order valence-corrected chi connectivity index (χ3v) is 1.75. The van der Waals surface area contributed by atoms with Crippen LogP contribution in [0.1, 0.15) is 19.9 Å². The van der Waals surface area contributed by atoms with Crippen molar-refractivity contribution in [2.45, 2.75) is 19.9 Å². The zero-order valence-corrected chi connectivity index (χ0v) is 7.93. The average Bonchev–Trinajstić information content (AvgIpc) is 2.46. The number of aromatic nitrogens is 2. The molecule has 0 spiro atoms. The SMILES string of the molecule is COc1cnn(C(C)C)c1B(O)O. The van der Waals surface area contributed by atoms with E-state index in [1.54, 1.807) is 0 Å². The van der Waals surface area contributed by atoms with Crippen molar-refractivity contribution in [1.29, 1.82) is 0 Å². The molecule has 0 aromatic carbocycles. The smallest absolute Gasteiger partial charge is 0.494 e. The highest BCUT2D eigenvalue weighted by Crippen LogP contribution is 2.09. The van der Waals surface area contributed by atoms with Crippen LogP contribution in [0.5, 0.6) is 5.75 Å². The summed E-state index contributed by atoms with van der Waals surface area (Å²) in [5.41, 5.74) is 0.289. The topological polar surface area (TPSA) is 67.5 Å². The van der Waals surface area contributed by atoms with Crippen LogP contribution in [0.15, 0.2) is 6.20 Å². The highest BCUT2D eigenvalue weighted by atomic mass is 16.5. The molecule has 72 valence electrons. The van der Waals surface area contributed by atoms with E-state index in [-0.39, 0.29) is 11.6 Å². The molecule has 0 aliphatic rings. The predicted molar refractivity (Wildman–Crippen MR) is 49.0 cm³/mol. The van der Waals surface area contributed by atoms with Gasteiger partial charge in [0.05, 0.1) is 13.3 Å². The summed E-state index contributed by atoms with van der Waals surface area (Å²) >= 11 is 0. The van der Waals surface area contributed by atoms with Crippen molar-refractivity contribution in [3.63, 3.8) is 0 Å². The minimum Gasteiger partial charge on any atom is -0.494 e. The monoisotopic (exact) mass is 184 g/mol. The molecule has 1 aromatic rings. The summed E-state index contributed by atoms with van der Waals surface area (Å²) in [4.78, 5) is 0. The molecule has 0 fully saturated rings. The number of ether oxygens (including phenoxy) is 1. The van der Waals surface area contributed by atoms with Gasteiger partial charge in [0.15, 0.2) is 5.75 Å². The number of methoxy groups -OCH3 is 1. The standard InChI is InChI=1S/C7H13BN2O3/c1-5(2)10-7(8(11)12)6(13-3)4-9-10/h4-5,11-12H,1-3H3. The van der Waals surface area contributed by atoms with Gasteiger partial charge in [-0.25, -0.2) is 0 Å². The Labute approximate surface area is 77.1 Å². The third kappa shape index (κ3) is 1.84. The van der Waals surface area contributed by atoms with Crippen molar-refractivity contribution >= 4 is 12.7 Å². The summed E-state index contributed by atoms with van der Waals surface area (Å²) in [6.07, 6.45) is 1.47. The van der Waals surface area contributed by atoms with Gasteiger partial charge in [0.25, 0.3) is 0 Å². The molecule has 0 aliphatic heterocycles. The molecule has 0 saturated heterocycles. The van der Waals surface area contributed by atoms with Crippen molar-refractivity contribution in [3.05, 3.63) is 6.20 Å². The van der Waals surface area contributed by atoms with Crippen molar-refractivity contribution < 1.29 is 14.8 Å². The second-order valence-electron chi connectivity index (χ2n) is 3.01. The molecule has 5 nitrogen and oxygen atoms in total. The van der Waals surface area contributed by atoms with Crippen LogP contribution in [-0.4, -0.2) is 34.1 Å². The Morgan fingerprint density at radius 2 is 2.15 bits per heavy atom. The molecule has 13 heavy (non-hydrogen) atoms. The van der Waals surface area contributed by atoms with Gasteiger partial charge < -0.3 is 14.8 Å². The zero-order chi connectivity index (χ0) is 10.0. The van der Waals surface area contributed by atoms with E-state index >= 15 is 0 Å².